The number of ether oxygens (including phenoxy) is 2. The van der Waals surface area contributed by atoms with E-state index in [1.807, 2.05) is 6.07 Å². The fourth-order valence-corrected chi connectivity index (χ4v) is 3.05. The molecule has 2 aliphatic heterocycles. The second-order valence-corrected chi connectivity index (χ2v) is 5.01. The van der Waals surface area contributed by atoms with E-state index in [0.29, 0.717) is 12.7 Å². The third-order valence-corrected chi connectivity index (χ3v) is 3.95. The average Bonchev–Trinajstić information content (AvgIpc) is 3.05. The van der Waals surface area contributed by atoms with Crippen molar-refractivity contribution in [2.75, 3.05) is 19.9 Å². The molecule has 1 fully saturated rings. The predicted molar refractivity (Wildman–Crippen MR) is 69.3 cm³/mol. The molecule has 18 heavy (non-hydrogen) atoms. The summed E-state index contributed by atoms with van der Waals surface area (Å²) in [7, 11) is 0. The van der Waals surface area contributed by atoms with Gasteiger partial charge in [-0.3, -0.25) is 0 Å². The van der Waals surface area contributed by atoms with Gasteiger partial charge in [0.1, 0.15) is 0 Å². The second kappa shape index (κ2) is 3.92. The molecule has 4 heteroatoms. The van der Waals surface area contributed by atoms with Crippen LogP contribution < -0.4 is 14.8 Å². The number of piperidine rings is 1. The minimum absolute atomic E-state index is 0.335. The third-order valence-electron chi connectivity index (χ3n) is 3.95. The Kier molecular flexibility index (Phi) is 2.23. The molecule has 1 unspecified atom stereocenters. The maximum atomic E-state index is 5.64. The van der Waals surface area contributed by atoms with Gasteiger partial charge in [0.25, 0.3) is 0 Å². The van der Waals surface area contributed by atoms with E-state index in [1.54, 1.807) is 0 Å². The average molecular weight is 244 g/mol. The number of hydrogen-bond acceptors (Lipinski definition) is 3. The van der Waals surface area contributed by atoms with Crippen LogP contribution in [0.15, 0.2) is 18.3 Å². The molecule has 4 rings (SSSR count). The number of nitrogens with one attached hydrogen (secondary N) is 2. The molecule has 0 aliphatic carbocycles. The van der Waals surface area contributed by atoms with Gasteiger partial charge in [-0.15, -0.1) is 0 Å². The van der Waals surface area contributed by atoms with Gasteiger partial charge in [0, 0.05) is 23.6 Å². The summed E-state index contributed by atoms with van der Waals surface area (Å²) in [6.07, 6.45) is 4.61. The van der Waals surface area contributed by atoms with Crippen LogP contribution in [0.5, 0.6) is 11.5 Å². The van der Waals surface area contributed by atoms with Crippen LogP contribution in [0.2, 0.25) is 0 Å². The van der Waals surface area contributed by atoms with E-state index in [1.165, 1.54) is 23.8 Å². The van der Waals surface area contributed by atoms with Crippen molar-refractivity contribution in [1.82, 2.24) is 10.3 Å². The molecule has 0 saturated carbocycles. The lowest BCUT2D eigenvalue weighted by Gasteiger charge is -2.22. The lowest BCUT2D eigenvalue weighted by atomic mass is 9.91. The lowest BCUT2D eigenvalue weighted by molar-refractivity contribution is 0.174. The summed E-state index contributed by atoms with van der Waals surface area (Å²) in [4.78, 5) is 3.35. The first-order valence-corrected chi connectivity index (χ1v) is 6.54. The Morgan fingerprint density at radius 1 is 1.22 bits per heavy atom. The summed E-state index contributed by atoms with van der Waals surface area (Å²) in [6.45, 7) is 2.52. The zero-order valence-corrected chi connectivity index (χ0v) is 10.2. The van der Waals surface area contributed by atoms with Gasteiger partial charge in [-0.1, -0.05) is 0 Å². The highest BCUT2D eigenvalue weighted by Gasteiger charge is 2.24. The molecule has 94 valence electrons. The van der Waals surface area contributed by atoms with Gasteiger partial charge in [0.05, 0.1) is 0 Å². The van der Waals surface area contributed by atoms with Crippen molar-refractivity contribution in [3.05, 3.63) is 23.9 Å². The van der Waals surface area contributed by atoms with E-state index in [-0.39, 0.29) is 0 Å². The van der Waals surface area contributed by atoms with Crippen molar-refractivity contribution >= 4 is 10.9 Å². The summed E-state index contributed by atoms with van der Waals surface area (Å²) in [5.74, 6) is 2.35. The van der Waals surface area contributed by atoms with Crippen LogP contribution in [0.3, 0.4) is 0 Å². The van der Waals surface area contributed by atoms with Crippen LogP contribution in [0.25, 0.3) is 10.9 Å². The number of benzene rings is 1. The largest absolute Gasteiger partial charge is 0.454 e. The molecule has 1 aromatic carbocycles. The number of aromatic nitrogens is 1. The van der Waals surface area contributed by atoms with Crippen LogP contribution in [-0.2, 0) is 0 Å². The fourth-order valence-electron chi connectivity index (χ4n) is 3.05. The SMILES string of the molecule is c1cc2[nH]cc(C3CCCNC3)c2c2c1OCO2. The quantitative estimate of drug-likeness (QED) is 0.809. The minimum atomic E-state index is 0.335. The maximum absolute atomic E-state index is 5.64. The summed E-state index contributed by atoms with van der Waals surface area (Å²) in [6, 6.07) is 4.05. The van der Waals surface area contributed by atoms with E-state index in [4.69, 9.17) is 9.47 Å². The monoisotopic (exact) mass is 244 g/mol. The van der Waals surface area contributed by atoms with Crippen molar-refractivity contribution in [3.63, 3.8) is 0 Å². The first-order valence-electron chi connectivity index (χ1n) is 6.54. The van der Waals surface area contributed by atoms with Crippen LogP contribution in [0.1, 0.15) is 24.3 Å². The first-order chi connectivity index (χ1) is 8.93. The van der Waals surface area contributed by atoms with Crippen LogP contribution in [-0.4, -0.2) is 24.9 Å². The molecule has 1 saturated heterocycles. The van der Waals surface area contributed by atoms with E-state index in [9.17, 15) is 0 Å². The van der Waals surface area contributed by atoms with Crippen molar-refractivity contribution in [2.45, 2.75) is 18.8 Å². The first kappa shape index (κ1) is 10.3. The van der Waals surface area contributed by atoms with E-state index in [0.717, 1.165) is 30.1 Å². The van der Waals surface area contributed by atoms with E-state index in [2.05, 4.69) is 22.6 Å². The van der Waals surface area contributed by atoms with Gasteiger partial charge in [-0.05, 0) is 43.0 Å². The summed E-state index contributed by atoms with van der Waals surface area (Å²) >= 11 is 0. The Hall–Kier alpha value is -1.68. The van der Waals surface area contributed by atoms with E-state index < -0.39 is 0 Å². The third kappa shape index (κ3) is 1.42. The Morgan fingerprint density at radius 3 is 3.11 bits per heavy atom. The molecule has 1 aromatic heterocycles. The molecular formula is C14H16N2O2. The second-order valence-electron chi connectivity index (χ2n) is 5.01. The van der Waals surface area contributed by atoms with Gasteiger partial charge in [0.15, 0.2) is 11.5 Å². The van der Waals surface area contributed by atoms with Crippen LogP contribution in [0.4, 0.5) is 0 Å². The van der Waals surface area contributed by atoms with Crippen molar-refractivity contribution in [1.29, 1.82) is 0 Å². The van der Waals surface area contributed by atoms with Gasteiger partial charge >= 0.3 is 0 Å². The normalized spacial score (nSPS) is 22.6. The molecule has 0 amide bonds. The number of fused-ring (bicyclic) bond motifs is 3. The van der Waals surface area contributed by atoms with Crippen LogP contribution >= 0.6 is 0 Å². The molecule has 0 bridgehead atoms. The van der Waals surface area contributed by atoms with Gasteiger partial charge < -0.3 is 19.8 Å². The predicted octanol–water partition coefficient (Wildman–Crippen LogP) is 2.36. The summed E-state index contributed by atoms with van der Waals surface area (Å²) < 4.78 is 11.1. The number of aromatic amines is 1. The summed E-state index contributed by atoms with van der Waals surface area (Å²) in [5.41, 5.74) is 2.50. The van der Waals surface area contributed by atoms with Crippen molar-refractivity contribution in [3.8, 4) is 11.5 Å². The fraction of sp³-hybridized carbons (Fsp3) is 0.429. The van der Waals surface area contributed by atoms with Gasteiger partial charge in [0.2, 0.25) is 6.79 Å². The van der Waals surface area contributed by atoms with Crippen molar-refractivity contribution in [2.24, 2.45) is 0 Å². The Labute approximate surface area is 105 Å². The Bertz CT molecular complexity index is 585. The maximum Gasteiger partial charge on any atom is 0.231 e. The Balaban J connectivity index is 1.87. The topological polar surface area (TPSA) is 46.3 Å². The van der Waals surface area contributed by atoms with Crippen LogP contribution in [0, 0.1) is 0 Å². The van der Waals surface area contributed by atoms with Crippen molar-refractivity contribution < 1.29 is 9.47 Å². The molecule has 2 aliphatic rings. The standard InChI is InChI=1S/C14H16N2O2/c1-2-9(6-15-5-1)10-7-16-11-3-4-12-14(13(10)11)18-8-17-12/h3-4,7,9,15-16H,1-2,5-6,8H2. The van der Waals surface area contributed by atoms with Gasteiger partial charge in [-0.25, -0.2) is 0 Å². The zero-order valence-electron chi connectivity index (χ0n) is 10.2. The number of H-pyrrole nitrogens is 1. The minimum Gasteiger partial charge on any atom is -0.454 e. The molecular weight excluding hydrogens is 228 g/mol. The highest BCUT2D eigenvalue weighted by atomic mass is 16.7. The summed E-state index contributed by atoms with van der Waals surface area (Å²) in [5, 5.41) is 4.68. The van der Waals surface area contributed by atoms with Gasteiger partial charge in [-0.2, -0.15) is 0 Å². The highest BCUT2D eigenvalue weighted by Crippen LogP contribution is 2.43. The lowest BCUT2D eigenvalue weighted by Crippen LogP contribution is -2.28. The molecule has 3 heterocycles. The molecule has 4 nitrogen and oxygen atoms in total. The number of rotatable bonds is 1. The highest BCUT2D eigenvalue weighted by molar-refractivity contribution is 5.92. The molecule has 1 atom stereocenters. The van der Waals surface area contributed by atoms with E-state index >= 15 is 0 Å². The number of hydrogen-bond donors (Lipinski definition) is 2. The molecule has 2 N–H and O–H groups in total. The Morgan fingerprint density at radius 2 is 2.22 bits per heavy atom. The molecule has 0 spiro atoms. The molecule has 0 radical (unpaired) electrons. The smallest absolute Gasteiger partial charge is 0.231 e. The molecule has 2 aromatic rings. The zero-order chi connectivity index (χ0) is 11.9.